The highest BCUT2D eigenvalue weighted by Crippen LogP contribution is 2.28. The van der Waals surface area contributed by atoms with Crippen molar-refractivity contribution in [3.05, 3.63) is 24.3 Å². The molecule has 9 heteroatoms. The van der Waals surface area contributed by atoms with Crippen LogP contribution in [0.3, 0.4) is 0 Å². The van der Waals surface area contributed by atoms with E-state index in [0.29, 0.717) is 0 Å². The van der Waals surface area contributed by atoms with Gasteiger partial charge in [-0.2, -0.15) is 0 Å². The molecule has 0 saturated heterocycles. The van der Waals surface area contributed by atoms with Crippen molar-refractivity contribution in [1.29, 1.82) is 0 Å². The van der Waals surface area contributed by atoms with Gasteiger partial charge in [0.25, 0.3) is 0 Å². The summed E-state index contributed by atoms with van der Waals surface area (Å²) < 4.78 is 44.8. The Morgan fingerprint density at radius 1 is 0.718 bits per heavy atom. The Labute approximate surface area is 238 Å². The quantitative estimate of drug-likeness (QED) is 0.0573. The first-order chi connectivity index (χ1) is 18.7. The first kappa shape index (κ1) is 37.6. The van der Waals surface area contributed by atoms with Crippen molar-refractivity contribution < 1.29 is 31.9 Å². The van der Waals surface area contributed by atoms with E-state index >= 15 is 0 Å². The summed E-state index contributed by atoms with van der Waals surface area (Å²) in [6.45, 7) is 4.78. The van der Waals surface area contributed by atoms with Crippen molar-refractivity contribution in [2.75, 3.05) is 18.1 Å². The predicted octanol–water partition coefficient (Wildman–Crippen LogP) is 10.5. The lowest BCUT2D eigenvalue weighted by Crippen LogP contribution is -2.15. The van der Waals surface area contributed by atoms with Gasteiger partial charge in [0.15, 0.2) is 10.6 Å². The average molecular weight is 581 g/mol. The molecule has 0 aliphatic carbocycles. The zero-order valence-corrected chi connectivity index (χ0v) is 25.2. The van der Waals surface area contributed by atoms with Gasteiger partial charge in [-0.15, -0.1) is 0 Å². The zero-order valence-electron chi connectivity index (χ0n) is 24.4. The van der Waals surface area contributed by atoms with Crippen LogP contribution in [0.5, 0.6) is 5.75 Å². The van der Waals surface area contributed by atoms with Crippen LogP contribution in [-0.2, 0) is 15.7 Å². The Hall–Kier alpha value is -1.38. The highest BCUT2D eigenvalue weighted by atomic mass is 32.2. The van der Waals surface area contributed by atoms with E-state index in [1.54, 1.807) is 0 Å². The lowest BCUT2D eigenvalue weighted by molar-refractivity contribution is -0.137. The van der Waals surface area contributed by atoms with Crippen LogP contribution in [0.25, 0.3) is 0 Å². The topological polar surface area (TPSA) is 46.5 Å². The van der Waals surface area contributed by atoms with Gasteiger partial charge in [-0.1, -0.05) is 116 Å². The molecule has 0 fully saturated rings. The molecule has 0 spiro atoms. The highest BCUT2D eigenvalue weighted by molar-refractivity contribution is 7.97. The number of carbonyl (C=O) groups is 1. The number of hydrogen-bond acceptors (Lipinski definition) is 2. The molecule has 0 aliphatic heterocycles. The van der Waals surface area contributed by atoms with Crippen molar-refractivity contribution in [2.24, 2.45) is 0 Å². The lowest BCUT2D eigenvalue weighted by Gasteiger charge is -2.12. The minimum Gasteiger partial charge on any atom is -0.488 e. The Morgan fingerprint density at radius 3 is 1.59 bits per heavy atom. The standard InChI is InChI=1S/C30H52O3S.BF4/c1-3-5-6-7-8-9-10-11-12-13-14-15-16-17-18-21-27-34(26-4-2)29-23-20-19-22-28(29)33-25-24-30(31)32;2-1(3,4)5/h19-20,22-23H,3-18,21,24-27H2,1-2H3;/q;-1/p+1. The number of para-hydroxylation sites is 1. The van der Waals surface area contributed by atoms with Crippen molar-refractivity contribution in [3.8, 4) is 5.75 Å². The van der Waals surface area contributed by atoms with Crippen LogP contribution in [-0.4, -0.2) is 36.4 Å². The van der Waals surface area contributed by atoms with Crippen LogP contribution in [0.15, 0.2) is 29.2 Å². The fourth-order valence-electron chi connectivity index (χ4n) is 4.45. The number of benzene rings is 1. The predicted molar refractivity (Wildman–Crippen MR) is 160 cm³/mol. The summed E-state index contributed by atoms with van der Waals surface area (Å²) in [5, 5.41) is 8.88. The zero-order chi connectivity index (χ0) is 29.2. The first-order valence-corrected chi connectivity index (χ1v) is 16.7. The van der Waals surface area contributed by atoms with E-state index < -0.39 is 13.2 Å². The molecule has 1 unspecified atom stereocenters. The van der Waals surface area contributed by atoms with E-state index in [9.17, 15) is 22.1 Å². The third kappa shape index (κ3) is 26.6. The lowest BCUT2D eigenvalue weighted by atomic mass is 10.0. The van der Waals surface area contributed by atoms with Gasteiger partial charge >= 0.3 is 13.2 Å². The second-order valence-corrected chi connectivity index (χ2v) is 12.4. The molecule has 1 atom stereocenters. The third-order valence-corrected chi connectivity index (χ3v) is 9.07. The summed E-state index contributed by atoms with van der Waals surface area (Å²) in [6.07, 6.45) is 23.7. The fourth-order valence-corrected chi connectivity index (χ4v) is 6.82. The Morgan fingerprint density at radius 2 is 1.15 bits per heavy atom. The van der Waals surface area contributed by atoms with Crippen LogP contribution in [0.4, 0.5) is 17.3 Å². The third-order valence-electron chi connectivity index (χ3n) is 6.43. The second kappa shape index (κ2) is 25.6. The smallest absolute Gasteiger partial charge is 0.488 e. The van der Waals surface area contributed by atoms with Gasteiger partial charge in [0.2, 0.25) is 0 Å². The van der Waals surface area contributed by atoms with Gasteiger partial charge in [-0.25, -0.2) is 0 Å². The normalized spacial score (nSPS) is 12.1. The first-order valence-electron chi connectivity index (χ1n) is 15.2. The van der Waals surface area contributed by atoms with Crippen LogP contribution < -0.4 is 4.74 Å². The monoisotopic (exact) mass is 580 g/mol. The molecule has 0 saturated carbocycles. The molecule has 1 rings (SSSR count). The van der Waals surface area contributed by atoms with Gasteiger partial charge in [0.05, 0.1) is 13.0 Å². The molecule has 39 heavy (non-hydrogen) atoms. The molecule has 0 aliphatic rings. The fraction of sp³-hybridized carbons (Fsp3) is 0.767. The minimum absolute atomic E-state index is 0.0506. The second-order valence-electron chi connectivity index (χ2n) is 10.1. The number of unbranched alkanes of at least 4 members (excludes halogenated alkanes) is 15. The number of carboxylic acids is 1. The molecule has 1 aromatic rings. The Bertz CT molecular complexity index is 701. The van der Waals surface area contributed by atoms with Crippen molar-refractivity contribution >= 4 is 24.1 Å². The minimum atomic E-state index is -6.00. The molecule has 228 valence electrons. The molecular formula is C30H53BF4O3S. The van der Waals surface area contributed by atoms with Gasteiger partial charge in [0, 0.05) is 10.9 Å². The number of halogens is 4. The molecule has 0 heterocycles. The number of hydrogen-bond donors (Lipinski definition) is 1. The van der Waals surface area contributed by atoms with Crippen LogP contribution >= 0.6 is 0 Å². The number of rotatable bonds is 24. The van der Waals surface area contributed by atoms with Gasteiger partial charge in [0.1, 0.15) is 11.5 Å². The van der Waals surface area contributed by atoms with Crippen molar-refractivity contribution in [2.45, 2.75) is 134 Å². The molecule has 0 aromatic heterocycles. The SMILES string of the molecule is CCCCCCCCCCCCCCCCCC[S+](CCC)c1ccccc1OCCC(=O)O.F[B-](F)(F)F. The average Bonchev–Trinajstić information content (AvgIpc) is 2.87. The van der Waals surface area contributed by atoms with E-state index in [1.165, 1.54) is 126 Å². The molecule has 1 N–H and O–H groups in total. The summed E-state index contributed by atoms with van der Waals surface area (Å²) in [6, 6.07) is 8.26. The molecular weight excluding hydrogens is 527 g/mol. The van der Waals surface area contributed by atoms with E-state index in [0.717, 1.165) is 5.75 Å². The molecule has 3 nitrogen and oxygen atoms in total. The van der Waals surface area contributed by atoms with E-state index in [1.807, 2.05) is 12.1 Å². The summed E-state index contributed by atoms with van der Waals surface area (Å²) in [5.74, 6) is 2.50. The van der Waals surface area contributed by atoms with Crippen LogP contribution in [0.1, 0.15) is 129 Å². The summed E-state index contributed by atoms with van der Waals surface area (Å²) in [7, 11) is -5.80. The molecule has 0 amide bonds. The summed E-state index contributed by atoms with van der Waals surface area (Å²) in [5.41, 5.74) is 0. The Balaban J connectivity index is 0.00000263. The van der Waals surface area contributed by atoms with E-state index in [2.05, 4.69) is 26.0 Å². The van der Waals surface area contributed by atoms with Gasteiger partial charge < -0.3 is 27.1 Å². The van der Waals surface area contributed by atoms with Gasteiger partial charge in [-0.3, -0.25) is 4.79 Å². The highest BCUT2D eigenvalue weighted by Gasteiger charge is 2.24. The number of ether oxygens (including phenoxy) is 1. The van der Waals surface area contributed by atoms with Crippen molar-refractivity contribution in [3.63, 3.8) is 0 Å². The van der Waals surface area contributed by atoms with Crippen molar-refractivity contribution in [1.82, 2.24) is 0 Å². The van der Waals surface area contributed by atoms with Gasteiger partial charge in [-0.05, 0) is 31.4 Å². The van der Waals surface area contributed by atoms with E-state index in [-0.39, 0.29) is 23.9 Å². The Kier molecular flexibility index (Phi) is 24.7. The van der Waals surface area contributed by atoms with E-state index in [4.69, 9.17) is 9.84 Å². The van der Waals surface area contributed by atoms with Crippen LogP contribution in [0.2, 0.25) is 0 Å². The molecule has 0 bridgehead atoms. The number of aliphatic carboxylic acids is 1. The maximum absolute atomic E-state index is 10.8. The maximum atomic E-state index is 10.8. The maximum Gasteiger partial charge on any atom is 0.673 e. The molecule has 1 aromatic carbocycles. The summed E-state index contributed by atoms with van der Waals surface area (Å²) in [4.78, 5) is 12.1. The molecule has 0 radical (unpaired) electrons. The largest absolute Gasteiger partial charge is 0.673 e. The summed E-state index contributed by atoms with van der Waals surface area (Å²) >= 11 is 0. The van der Waals surface area contributed by atoms with Crippen LogP contribution in [0, 0.1) is 0 Å². The number of carboxylic acid groups (broad SMARTS) is 1.